The van der Waals surface area contributed by atoms with E-state index in [-0.39, 0.29) is 11.9 Å². The lowest BCUT2D eigenvalue weighted by Gasteiger charge is -2.35. The van der Waals surface area contributed by atoms with Crippen LogP contribution in [0.2, 0.25) is 0 Å². The van der Waals surface area contributed by atoms with Crippen LogP contribution in [0.1, 0.15) is 5.69 Å². The van der Waals surface area contributed by atoms with Gasteiger partial charge >= 0.3 is 0 Å². The summed E-state index contributed by atoms with van der Waals surface area (Å²) in [5, 5.41) is 13.8. The SMILES string of the molecule is Cc1nnc(N2CCNCC2C(N)=O)c2ccccc12. The van der Waals surface area contributed by atoms with Crippen molar-refractivity contribution in [1.82, 2.24) is 15.5 Å². The second-order valence-electron chi connectivity index (χ2n) is 4.97. The Morgan fingerprint density at radius 1 is 1.35 bits per heavy atom. The molecule has 1 amide bonds. The number of aryl methyl sites for hydroxylation is 1. The van der Waals surface area contributed by atoms with Gasteiger partial charge in [-0.05, 0) is 6.92 Å². The first-order chi connectivity index (χ1) is 9.68. The first-order valence-corrected chi connectivity index (χ1v) is 6.67. The van der Waals surface area contributed by atoms with Crippen LogP contribution >= 0.6 is 0 Å². The summed E-state index contributed by atoms with van der Waals surface area (Å²) in [4.78, 5) is 13.6. The summed E-state index contributed by atoms with van der Waals surface area (Å²) in [6.45, 7) is 3.96. The van der Waals surface area contributed by atoms with Gasteiger partial charge in [-0.25, -0.2) is 0 Å². The lowest BCUT2D eigenvalue weighted by molar-refractivity contribution is -0.119. The van der Waals surface area contributed by atoms with Crippen LogP contribution in [-0.2, 0) is 4.79 Å². The van der Waals surface area contributed by atoms with Crippen molar-refractivity contribution in [1.29, 1.82) is 0 Å². The van der Waals surface area contributed by atoms with Gasteiger partial charge in [-0.15, -0.1) is 5.10 Å². The van der Waals surface area contributed by atoms with Crippen LogP contribution < -0.4 is 16.0 Å². The van der Waals surface area contributed by atoms with E-state index in [1.807, 2.05) is 36.1 Å². The molecule has 2 aromatic rings. The monoisotopic (exact) mass is 271 g/mol. The molecule has 3 N–H and O–H groups in total. The Balaban J connectivity index is 2.13. The molecule has 3 rings (SSSR count). The standard InChI is InChI=1S/C14H17N5O/c1-9-10-4-2-3-5-11(10)14(18-17-9)19-7-6-16-8-12(19)13(15)20/h2-5,12,16H,6-8H2,1H3,(H2,15,20). The topological polar surface area (TPSA) is 84.1 Å². The molecule has 1 fully saturated rings. The van der Waals surface area contributed by atoms with Crippen LogP contribution in [0, 0.1) is 6.92 Å². The molecule has 0 aliphatic carbocycles. The Morgan fingerprint density at radius 3 is 2.85 bits per heavy atom. The zero-order valence-electron chi connectivity index (χ0n) is 11.3. The summed E-state index contributed by atoms with van der Waals surface area (Å²) in [6.07, 6.45) is 0. The lowest BCUT2D eigenvalue weighted by Crippen LogP contribution is -2.57. The minimum Gasteiger partial charge on any atom is -0.368 e. The van der Waals surface area contributed by atoms with E-state index in [2.05, 4.69) is 15.5 Å². The average molecular weight is 271 g/mol. The van der Waals surface area contributed by atoms with Crippen LogP contribution in [0.4, 0.5) is 5.82 Å². The number of carbonyl (C=O) groups excluding carboxylic acids is 1. The van der Waals surface area contributed by atoms with Crippen molar-refractivity contribution in [2.75, 3.05) is 24.5 Å². The Bertz CT molecular complexity index is 657. The second-order valence-corrected chi connectivity index (χ2v) is 4.97. The molecule has 0 saturated carbocycles. The minimum absolute atomic E-state index is 0.344. The van der Waals surface area contributed by atoms with Crippen molar-refractivity contribution in [3.8, 4) is 0 Å². The number of nitrogens with one attached hydrogen (secondary N) is 1. The van der Waals surface area contributed by atoms with E-state index in [4.69, 9.17) is 5.73 Å². The van der Waals surface area contributed by atoms with Crippen LogP contribution in [0.5, 0.6) is 0 Å². The zero-order chi connectivity index (χ0) is 14.1. The summed E-state index contributed by atoms with van der Waals surface area (Å²) in [7, 11) is 0. The highest BCUT2D eigenvalue weighted by Crippen LogP contribution is 2.27. The van der Waals surface area contributed by atoms with Crippen LogP contribution in [0.15, 0.2) is 24.3 Å². The first-order valence-electron chi connectivity index (χ1n) is 6.67. The minimum atomic E-state index is -0.385. The predicted octanol–water partition coefficient (Wildman–Crippen LogP) is 0.202. The number of piperazine rings is 1. The third-order valence-corrected chi connectivity index (χ3v) is 3.70. The molecule has 1 unspecified atom stereocenters. The Morgan fingerprint density at radius 2 is 2.10 bits per heavy atom. The number of benzene rings is 1. The van der Waals surface area contributed by atoms with Crippen molar-refractivity contribution in [2.45, 2.75) is 13.0 Å². The summed E-state index contributed by atoms with van der Waals surface area (Å²) in [5.74, 6) is 0.389. The normalized spacial score (nSPS) is 19.2. The van der Waals surface area contributed by atoms with E-state index < -0.39 is 0 Å². The molecule has 1 aliphatic rings. The molecular formula is C14H17N5O. The largest absolute Gasteiger partial charge is 0.368 e. The highest BCUT2D eigenvalue weighted by atomic mass is 16.1. The van der Waals surface area contributed by atoms with Gasteiger partial charge in [-0.3, -0.25) is 4.79 Å². The quantitative estimate of drug-likeness (QED) is 0.815. The van der Waals surface area contributed by atoms with E-state index in [0.717, 1.165) is 28.8 Å². The van der Waals surface area contributed by atoms with Gasteiger partial charge in [0.25, 0.3) is 0 Å². The molecular weight excluding hydrogens is 254 g/mol. The van der Waals surface area contributed by atoms with Gasteiger partial charge in [-0.1, -0.05) is 24.3 Å². The van der Waals surface area contributed by atoms with E-state index in [1.165, 1.54) is 0 Å². The molecule has 2 heterocycles. The highest BCUT2D eigenvalue weighted by Gasteiger charge is 2.29. The predicted molar refractivity (Wildman–Crippen MR) is 77.5 cm³/mol. The van der Waals surface area contributed by atoms with Crippen molar-refractivity contribution >= 4 is 22.5 Å². The van der Waals surface area contributed by atoms with Crippen molar-refractivity contribution < 1.29 is 4.79 Å². The summed E-state index contributed by atoms with van der Waals surface area (Å²) in [5.41, 5.74) is 6.38. The van der Waals surface area contributed by atoms with Crippen LogP contribution in [0.25, 0.3) is 10.8 Å². The number of fused-ring (bicyclic) bond motifs is 1. The molecule has 1 saturated heterocycles. The zero-order valence-corrected chi connectivity index (χ0v) is 11.3. The van der Waals surface area contributed by atoms with Crippen molar-refractivity contribution in [3.05, 3.63) is 30.0 Å². The third-order valence-electron chi connectivity index (χ3n) is 3.70. The molecule has 1 aromatic carbocycles. The molecule has 6 nitrogen and oxygen atoms in total. The number of amides is 1. The van der Waals surface area contributed by atoms with Gasteiger partial charge in [-0.2, -0.15) is 5.10 Å². The van der Waals surface area contributed by atoms with Crippen molar-refractivity contribution in [3.63, 3.8) is 0 Å². The van der Waals surface area contributed by atoms with Gasteiger partial charge in [0.15, 0.2) is 5.82 Å². The maximum atomic E-state index is 11.6. The molecule has 1 atom stereocenters. The number of carbonyl (C=O) groups is 1. The number of anilines is 1. The molecule has 6 heteroatoms. The number of nitrogens with zero attached hydrogens (tertiary/aromatic N) is 3. The second kappa shape index (κ2) is 5.05. The molecule has 0 bridgehead atoms. The Labute approximate surface area is 117 Å². The molecule has 20 heavy (non-hydrogen) atoms. The van der Waals surface area contributed by atoms with Gasteiger partial charge in [0.2, 0.25) is 5.91 Å². The number of primary amides is 1. The fraction of sp³-hybridized carbons (Fsp3) is 0.357. The molecule has 1 aromatic heterocycles. The molecule has 0 spiro atoms. The fourth-order valence-electron chi connectivity index (χ4n) is 2.65. The maximum absolute atomic E-state index is 11.6. The third kappa shape index (κ3) is 2.08. The highest BCUT2D eigenvalue weighted by molar-refractivity contribution is 5.95. The molecule has 104 valence electrons. The van der Waals surface area contributed by atoms with Crippen LogP contribution in [-0.4, -0.2) is 41.8 Å². The van der Waals surface area contributed by atoms with Crippen molar-refractivity contribution in [2.24, 2.45) is 5.73 Å². The number of rotatable bonds is 2. The van der Waals surface area contributed by atoms with Gasteiger partial charge in [0, 0.05) is 30.4 Å². The summed E-state index contributed by atoms with van der Waals surface area (Å²) < 4.78 is 0. The van der Waals surface area contributed by atoms with E-state index in [9.17, 15) is 4.79 Å². The number of nitrogens with two attached hydrogens (primary N) is 1. The van der Waals surface area contributed by atoms with Gasteiger partial charge in [0.1, 0.15) is 6.04 Å². The number of aromatic nitrogens is 2. The summed E-state index contributed by atoms with van der Waals surface area (Å²) in [6, 6.07) is 7.58. The number of hydrogen-bond donors (Lipinski definition) is 2. The molecule has 1 aliphatic heterocycles. The van der Waals surface area contributed by atoms with E-state index >= 15 is 0 Å². The van der Waals surface area contributed by atoms with E-state index in [0.29, 0.717) is 13.1 Å². The van der Waals surface area contributed by atoms with E-state index in [1.54, 1.807) is 0 Å². The smallest absolute Gasteiger partial charge is 0.241 e. The first kappa shape index (κ1) is 12.8. The Kier molecular flexibility index (Phi) is 3.23. The maximum Gasteiger partial charge on any atom is 0.241 e. The number of hydrogen-bond acceptors (Lipinski definition) is 5. The van der Waals surface area contributed by atoms with Crippen LogP contribution in [0.3, 0.4) is 0 Å². The Hall–Kier alpha value is -2.21. The van der Waals surface area contributed by atoms with Gasteiger partial charge < -0.3 is 16.0 Å². The summed E-state index contributed by atoms with van der Waals surface area (Å²) >= 11 is 0. The van der Waals surface area contributed by atoms with Gasteiger partial charge in [0.05, 0.1) is 5.69 Å². The fourth-order valence-corrected chi connectivity index (χ4v) is 2.65. The lowest BCUT2D eigenvalue weighted by atomic mass is 10.1. The molecule has 0 radical (unpaired) electrons. The average Bonchev–Trinajstić information content (AvgIpc) is 2.48.